The van der Waals surface area contributed by atoms with Crippen molar-refractivity contribution in [2.45, 2.75) is 25.8 Å². The minimum Gasteiger partial charge on any atom is -0.323 e. The lowest BCUT2D eigenvalue weighted by atomic mass is 9.93. The fourth-order valence-electron chi connectivity index (χ4n) is 1.86. The number of rotatable bonds is 3. The molecule has 0 spiro atoms. The van der Waals surface area contributed by atoms with E-state index in [1.165, 1.54) is 15.3 Å². The second-order valence-electron chi connectivity index (χ2n) is 4.28. The Hall–Kier alpha value is -0.640. The normalized spacial score (nSPS) is 14.6. The number of aryl methyl sites for hydroxylation is 1. The highest BCUT2D eigenvalue weighted by Crippen LogP contribution is 2.35. The SMILES string of the molecule is Cc1sc(C(N)C(C)c2ccccc2)cc1Br. The van der Waals surface area contributed by atoms with Crippen molar-refractivity contribution < 1.29 is 0 Å². The number of benzene rings is 1. The molecule has 1 aromatic carbocycles. The van der Waals surface area contributed by atoms with E-state index in [-0.39, 0.29) is 6.04 Å². The van der Waals surface area contributed by atoms with Gasteiger partial charge in [0.25, 0.3) is 0 Å². The second kappa shape index (κ2) is 5.34. The van der Waals surface area contributed by atoms with Crippen LogP contribution >= 0.6 is 27.3 Å². The van der Waals surface area contributed by atoms with Crippen LogP contribution in [-0.2, 0) is 0 Å². The summed E-state index contributed by atoms with van der Waals surface area (Å²) in [6.07, 6.45) is 0. The molecule has 3 heteroatoms. The Balaban J connectivity index is 2.23. The Kier molecular flexibility index (Phi) is 4.02. The van der Waals surface area contributed by atoms with E-state index in [9.17, 15) is 0 Å². The summed E-state index contributed by atoms with van der Waals surface area (Å²) in [5.41, 5.74) is 7.64. The summed E-state index contributed by atoms with van der Waals surface area (Å²) in [6, 6.07) is 12.6. The van der Waals surface area contributed by atoms with Gasteiger partial charge in [-0.25, -0.2) is 0 Å². The summed E-state index contributed by atoms with van der Waals surface area (Å²) in [5, 5.41) is 0. The van der Waals surface area contributed by atoms with Crippen molar-refractivity contribution in [1.82, 2.24) is 0 Å². The van der Waals surface area contributed by atoms with Crippen molar-refractivity contribution in [2.75, 3.05) is 0 Å². The van der Waals surface area contributed by atoms with Crippen LogP contribution in [0, 0.1) is 6.92 Å². The summed E-state index contributed by atoms with van der Waals surface area (Å²) in [4.78, 5) is 2.53. The fraction of sp³-hybridized carbons (Fsp3) is 0.286. The molecule has 1 heterocycles. The van der Waals surface area contributed by atoms with Gasteiger partial charge in [0, 0.05) is 26.2 Å². The van der Waals surface area contributed by atoms with E-state index in [2.05, 4.69) is 60.1 Å². The fourth-order valence-corrected chi connectivity index (χ4v) is 3.52. The molecular weight excluding hydrogens is 294 g/mol. The molecule has 0 amide bonds. The Labute approximate surface area is 115 Å². The van der Waals surface area contributed by atoms with Gasteiger partial charge in [0.05, 0.1) is 0 Å². The number of nitrogens with two attached hydrogens (primary N) is 1. The zero-order valence-electron chi connectivity index (χ0n) is 9.98. The van der Waals surface area contributed by atoms with Gasteiger partial charge in [0.15, 0.2) is 0 Å². The van der Waals surface area contributed by atoms with Crippen LogP contribution in [0.4, 0.5) is 0 Å². The predicted octanol–water partition coefficient (Wildman–Crippen LogP) is 4.62. The molecular formula is C14H16BrNS. The smallest absolute Gasteiger partial charge is 0.0457 e. The molecule has 2 rings (SSSR count). The van der Waals surface area contributed by atoms with Gasteiger partial charge in [-0.05, 0) is 34.5 Å². The highest BCUT2D eigenvalue weighted by Gasteiger charge is 2.19. The van der Waals surface area contributed by atoms with E-state index in [1.54, 1.807) is 11.3 Å². The third-order valence-electron chi connectivity index (χ3n) is 3.07. The Morgan fingerprint density at radius 1 is 1.24 bits per heavy atom. The standard InChI is InChI=1S/C14H16BrNS/c1-9(11-6-4-3-5-7-11)14(16)13-8-12(15)10(2)17-13/h3-9,14H,16H2,1-2H3. The molecule has 2 unspecified atom stereocenters. The molecule has 2 aromatic rings. The highest BCUT2D eigenvalue weighted by atomic mass is 79.9. The van der Waals surface area contributed by atoms with Crippen LogP contribution in [0.15, 0.2) is 40.9 Å². The predicted molar refractivity (Wildman–Crippen MR) is 78.5 cm³/mol. The van der Waals surface area contributed by atoms with Crippen LogP contribution < -0.4 is 5.73 Å². The van der Waals surface area contributed by atoms with E-state index < -0.39 is 0 Å². The average molecular weight is 310 g/mol. The maximum Gasteiger partial charge on any atom is 0.0457 e. The first-order chi connectivity index (χ1) is 8.09. The van der Waals surface area contributed by atoms with Crippen LogP contribution in [0.25, 0.3) is 0 Å². The minimum atomic E-state index is 0.0624. The van der Waals surface area contributed by atoms with Gasteiger partial charge in [-0.15, -0.1) is 11.3 Å². The molecule has 0 aliphatic rings. The van der Waals surface area contributed by atoms with Crippen molar-refractivity contribution in [2.24, 2.45) is 5.73 Å². The van der Waals surface area contributed by atoms with E-state index in [0.717, 1.165) is 4.47 Å². The van der Waals surface area contributed by atoms with Gasteiger partial charge in [-0.2, -0.15) is 0 Å². The molecule has 0 aliphatic heterocycles. The van der Waals surface area contributed by atoms with Gasteiger partial charge in [0.2, 0.25) is 0 Å². The number of halogens is 1. The van der Waals surface area contributed by atoms with Crippen LogP contribution in [0.3, 0.4) is 0 Å². The van der Waals surface area contributed by atoms with E-state index >= 15 is 0 Å². The molecule has 17 heavy (non-hydrogen) atoms. The molecule has 90 valence electrons. The Morgan fingerprint density at radius 2 is 1.88 bits per heavy atom. The quantitative estimate of drug-likeness (QED) is 0.879. The zero-order chi connectivity index (χ0) is 12.4. The van der Waals surface area contributed by atoms with Crippen molar-refractivity contribution in [1.29, 1.82) is 0 Å². The monoisotopic (exact) mass is 309 g/mol. The highest BCUT2D eigenvalue weighted by molar-refractivity contribution is 9.10. The zero-order valence-corrected chi connectivity index (χ0v) is 12.4. The van der Waals surface area contributed by atoms with Gasteiger partial charge < -0.3 is 5.73 Å². The molecule has 2 atom stereocenters. The van der Waals surface area contributed by atoms with Crippen molar-refractivity contribution in [3.8, 4) is 0 Å². The van der Waals surface area contributed by atoms with E-state index in [4.69, 9.17) is 5.73 Å². The maximum absolute atomic E-state index is 6.34. The van der Waals surface area contributed by atoms with Crippen molar-refractivity contribution >= 4 is 27.3 Å². The van der Waals surface area contributed by atoms with Gasteiger partial charge in [-0.3, -0.25) is 0 Å². The van der Waals surface area contributed by atoms with Crippen LogP contribution in [-0.4, -0.2) is 0 Å². The number of thiophene rings is 1. The molecule has 1 aromatic heterocycles. The summed E-state index contributed by atoms with van der Waals surface area (Å²) in [6.45, 7) is 4.29. The Bertz CT molecular complexity index is 473. The van der Waals surface area contributed by atoms with Gasteiger partial charge >= 0.3 is 0 Å². The molecule has 0 fully saturated rings. The van der Waals surface area contributed by atoms with Crippen LogP contribution in [0.2, 0.25) is 0 Å². The molecule has 0 radical (unpaired) electrons. The first kappa shape index (κ1) is 12.8. The summed E-state index contributed by atoms with van der Waals surface area (Å²) in [5.74, 6) is 0.334. The van der Waals surface area contributed by atoms with Crippen molar-refractivity contribution in [3.63, 3.8) is 0 Å². The molecule has 0 saturated carbocycles. The Morgan fingerprint density at radius 3 is 2.41 bits per heavy atom. The third kappa shape index (κ3) is 2.79. The second-order valence-corrected chi connectivity index (χ2v) is 6.42. The molecule has 0 saturated heterocycles. The summed E-state index contributed by atoms with van der Waals surface area (Å²) >= 11 is 5.32. The minimum absolute atomic E-state index is 0.0624. The summed E-state index contributed by atoms with van der Waals surface area (Å²) in [7, 11) is 0. The lowest BCUT2D eigenvalue weighted by molar-refractivity contribution is 0.607. The van der Waals surface area contributed by atoms with Gasteiger partial charge in [-0.1, -0.05) is 37.3 Å². The molecule has 2 N–H and O–H groups in total. The van der Waals surface area contributed by atoms with Gasteiger partial charge in [0.1, 0.15) is 0 Å². The molecule has 1 nitrogen and oxygen atoms in total. The molecule has 0 bridgehead atoms. The van der Waals surface area contributed by atoms with E-state index in [0.29, 0.717) is 5.92 Å². The first-order valence-corrected chi connectivity index (χ1v) is 7.27. The maximum atomic E-state index is 6.34. The number of hydrogen-bond acceptors (Lipinski definition) is 2. The molecule has 0 aliphatic carbocycles. The first-order valence-electron chi connectivity index (χ1n) is 5.66. The van der Waals surface area contributed by atoms with Crippen molar-refractivity contribution in [3.05, 3.63) is 56.2 Å². The lowest BCUT2D eigenvalue weighted by Crippen LogP contribution is -2.16. The third-order valence-corrected chi connectivity index (χ3v) is 5.31. The lowest BCUT2D eigenvalue weighted by Gasteiger charge is -2.19. The topological polar surface area (TPSA) is 26.0 Å². The largest absolute Gasteiger partial charge is 0.323 e. The van der Waals surface area contributed by atoms with Crippen LogP contribution in [0.5, 0.6) is 0 Å². The average Bonchev–Trinajstić information content (AvgIpc) is 2.69. The van der Waals surface area contributed by atoms with Crippen LogP contribution in [0.1, 0.15) is 34.2 Å². The van der Waals surface area contributed by atoms with E-state index in [1.807, 2.05) is 6.07 Å². The summed E-state index contributed by atoms with van der Waals surface area (Å²) < 4.78 is 1.16. The number of hydrogen-bond donors (Lipinski definition) is 1.